The first-order chi connectivity index (χ1) is 8.99. The number of rotatable bonds is 5. The molecule has 0 aliphatic heterocycles. The van der Waals surface area contributed by atoms with Gasteiger partial charge < -0.3 is 20.2 Å². The second-order valence-electron chi connectivity index (χ2n) is 4.63. The van der Waals surface area contributed by atoms with E-state index in [9.17, 15) is 4.79 Å². The molecule has 0 saturated heterocycles. The topological polar surface area (TPSA) is 55.8 Å². The lowest BCUT2D eigenvalue weighted by Gasteiger charge is -2.21. The van der Waals surface area contributed by atoms with Gasteiger partial charge in [0.1, 0.15) is 0 Å². The molecule has 5 nitrogen and oxygen atoms in total. The van der Waals surface area contributed by atoms with Crippen LogP contribution in [0.2, 0.25) is 0 Å². The van der Waals surface area contributed by atoms with Crippen molar-refractivity contribution in [1.29, 1.82) is 0 Å². The Labute approximate surface area is 114 Å². The van der Waals surface area contributed by atoms with E-state index < -0.39 is 0 Å². The van der Waals surface area contributed by atoms with Crippen LogP contribution in [0.25, 0.3) is 0 Å². The van der Waals surface area contributed by atoms with Gasteiger partial charge >= 0.3 is 6.03 Å². The van der Waals surface area contributed by atoms with Crippen LogP contribution < -0.4 is 10.2 Å². The maximum absolute atomic E-state index is 12.0. The first-order valence-corrected chi connectivity index (χ1v) is 6.44. The Balaban J connectivity index is 2.79. The molecular weight excluding hydrogens is 242 g/mol. The van der Waals surface area contributed by atoms with Gasteiger partial charge in [0.05, 0.1) is 6.61 Å². The van der Waals surface area contributed by atoms with Gasteiger partial charge in [-0.25, -0.2) is 4.79 Å². The fourth-order valence-electron chi connectivity index (χ4n) is 1.78. The minimum Gasteiger partial charge on any atom is -0.395 e. The van der Waals surface area contributed by atoms with Crippen LogP contribution in [0.4, 0.5) is 16.2 Å². The number of amides is 2. The molecule has 0 aliphatic rings. The number of urea groups is 1. The van der Waals surface area contributed by atoms with E-state index in [0.29, 0.717) is 13.1 Å². The fourth-order valence-corrected chi connectivity index (χ4v) is 1.78. The average molecular weight is 265 g/mol. The van der Waals surface area contributed by atoms with Gasteiger partial charge in [-0.1, -0.05) is 0 Å². The van der Waals surface area contributed by atoms with E-state index in [2.05, 4.69) is 5.32 Å². The Hall–Kier alpha value is -1.75. The zero-order chi connectivity index (χ0) is 14.4. The third-order valence-electron chi connectivity index (χ3n) is 3.01. The molecule has 0 bridgehead atoms. The number of aliphatic hydroxyl groups is 1. The van der Waals surface area contributed by atoms with Crippen LogP contribution in [0.1, 0.15) is 12.5 Å². The molecular formula is C14H23N3O2. The molecule has 19 heavy (non-hydrogen) atoms. The van der Waals surface area contributed by atoms with E-state index in [0.717, 1.165) is 16.9 Å². The van der Waals surface area contributed by atoms with Crippen molar-refractivity contribution in [1.82, 2.24) is 4.90 Å². The lowest BCUT2D eigenvalue weighted by molar-refractivity contribution is 0.192. The van der Waals surface area contributed by atoms with Crippen LogP contribution in [0, 0.1) is 6.92 Å². The summed E-state index contributed by atoms with van der Waals surface area (Å²) in [5.41, 5.74) is 2.91. The van der Waals surface area contributed by atoms with E-state index in [1.807, 2.05) is 51.0 Å². The van der Waals surface area contributed by atoms with Gasteiger partial charge in [0, 0.05) is 38.6 Å². The molecule has 1 aromatic rings. The maximum Gasteiger partial charge on any atom is 0.321 e. The van der Waals surface area contributed by atoms with Gasteiger partial charge in [0.2, 0.25) is 0 Å². The number of carbonyl (C=O) groups is 1. The van der Waals surface area contributed by atoms with Crippen molar-refractivity contribution in [3.8, 4) is 0 Å². The summed E-state index contributed by atoms with van der Waals surface area (Å²) >= 11 is 0. The summed E-state index contributed by atoms with van der Waals surface area (Å²) in [5, 5.41) is 11.8. The molecule has 0 spiro atoms. The third-order valence-corrected chi connectivity index (χ3v) is 3.01. The second kappa shape index (κ2) is 6.99. The highest BCUT2D eigenvalue weighted by Gasteiger charge is 2.12. The summed E-state index contributed by atoms with van der Waals surface area (Å²) in [5.74, 6) is 0. The first kappa shape index (κ1) is 15.3. The molecule has 2 amide bonds. The number of aryl methyl sites for hydroxylation is 1. The fraction of sp³-hybridized carbons (Fsp3) is 0.500. The number of nitrogens with one attached hydrogen (secondary N) is 1. The minimum absolute atomic E-state index is 0.0280. The molecule has 5 heteroatoms. The summed E-state index contributed by atoms with van der Waals surface area (Å²) < 4.78 is 0. The van der Waals surface area contributed by atoms with Gasteiger partial charge in [0.15, 0.2) is 0 Å². The largest absolute Gasteiger partial charge is 0.395 e. The summed E-state index contributed by atoms with van der Waals surface area (Å²) in [6.07, 6.45) is 0. The summed E-state index contributed by atoms with van der Waals surface area (Å²) in [6.45, 7) is 4.74. The van der Waals surface area contributed by atoms with Crippen LogP contribution in [-0.2, 0) is 0 Å². The third kappa shape index (κ3) is 4.13. The van der Waals surface area contributed by atoms with E-state index in [1.165, 1.54) is 0 Å². The van der Waals surface area contributed by atoms with Crippen molar-refractivity contribution in [3.63, 3.8) is 0 Å². The molecule has 0 saturated carbocycles. The summed E-state index contributed by atoms with van der Waals surface area (Å²) in [6, 6.07) is 5.70. The maximum atomic E-state index is 12.0. The Morgan fingerprint density at radius 2 is 2.05 bits per heavy atom. The molecule has 0 aliphatic carbocycles. The van der Waals surface area contributed by atoms with Gasteiger partial charge in [-0.15, -0.1) is 0 Å². The molecule has 0 aromatic heterocycles. The number of hydrogen-bond acceptors (Lipinski definition) is 3. The van der Waals surface area contributed by atoms with E-state index in [-0.39, 0.29) is 12.6 Å². The van der Waals surface area contributed by atoms with Crippen LogP contribution in [-0.4, -0.2) is 49.8 Å². The number of carbonyl (C=O) groups excluding carboxylic acids is 1. The highest BCUT2D eigenvalue weighted by molar-refractivity contribution is 5.90. The molecule has 2 N–H and O–H groups in total. The minimum atomic E-state index is -0.183. The number of aliphatic hydroxyl groups excluding tert-OH is 1. The predicted octanol–water partition coefficient (Wildman–Crippen LogP) is 1.91. The zero-order valence-corrected chi connectivity index (χ0v) is 12.1. The van der Waals surface area contributed by atoms with Crippen molar-refractivity contribution >= 4 is 17.4 Å². The predicted molar refractivity (Wildman–Crippen MR) is 78.9 cm³/mol. The standard InChI is InChI=1S/C14H23N3O2/c1-5-17(8-9-18)14(19)15-13-7-6-12(16(3)4)10-11(13)2/h6-7,10,18H,5,8-9H2,1-4H3,(H,15,19). The van der Waals surface area contributed by atoms with Gasteiger partial charge in [-0.2, -0.15) is 0 Å². The monoisotopic (exact) mass is 265 g/mol. The number of nitrogens with zero attached hydrogens (tertiary/aromatic N) is 2. The summed E-state index contributed by atoms with van der Waals surface area (Å²) in [4.78, 5) is 15.6. The normalized spacial score (nSPS) is 10.2. The molecule has 0 radical (unpaired) electrons. The Morgan fingerprint density at radius 1 is 1.37 bits per heavy atom. The van der Waals surface area contributed by atoms with Gasteiger partial charge in [-0.05, 0) is 37.6 Å². The van der Waals surface area contributed by atoms with Crippen molar-refractivity contribution in [2.75, 3.05) is 44.0 Å². The number of benzene rings is 1. The number of hydrogen-bond donors (Lipinski definition) is 2. The molecule has 106 valence electrons. The van der Waals surface area contributed by atoms with Crippen molar-refractivity contribution < 1.29 is 9.90 Å². The number of anilines is 2. The zero-order valence-electron chi connectivity index (χ0n) is 12.1. The van der Waals surface area contributed by atoms with Crippen LogP contribution in [0.5, 0.6) is 0 Å². The van der Waals surface area contributed by atoms with Gasteiger partial charge in [-0.3, -0.25) is 0 Å². The van der Waals surface area contributed by atoms with Crippen molar-refractivity contribution in [2.24, 2.45) is 0 Å². The first-order valence-electron chi connectivity index (χ1n) is 6.44. The van der Waals surface area contributed by atoms with E-state index >= 15 is 0 Å². The lowest BCUT2D eigenvalue weighted by Crippen LogP contribution is -2.36. The lowest BCUT2D eigenvalue weighted by atomic mass is 10.1. The molecule has 0 fully saturated rings. The van der Waals surface area contributed by atoms with Crippen LogP contribution in [0.3, 0.4) is 0 Å². The molecule has 1 rings (SSSR count). The van der Waals surface area contributed by atoms with Crippen LogP contribution in [0.15, 0.2) is 18.2 Å². The highest BCUT2D eigenvalue weighted by atomic mass is 16.3. The SMILES string of the molecule is CCN(CCO)C(=O)Nc1ccc(N(C)C)cc1C. The van der Waals surface area contributed by atoms with Crippen molar-refractivity contribution in [3.05, 3.63) is 23.8 Å². The smallest absolute Gasteiger partial charge is 0.321 e. The Bertz CT molecular complexity index is 433. The van der Waals surface area contributed by atoms with Crippen LogP contribution >= 0.6 is 0 Å². The average Bonchev–Trinajstić information content (AvgIpc) is 2.37. The van der Waals surface area contributed by atoms with E-state index in [1.54, 1.807) is 4.90 Å². The second-order valence-corrected chi connectivity index (χ2v) is 4.63. The van der Waals surface area contributed by atoms with Gasteiger partial charge in [0.25, 0.3) is 0 Å². The Kier molecular flexibility index (Phi) is 5.63. The molecule has 0 heterocycles. The molecule has 1 aromatic carbocycles. The molecule has 0 atom stereocenters. The number of likely N-dealkylation sites (N-methyl/N-ethyl adjacent to an activating group) is 1. The highest BCUT2D eigenvalue weighted by Crippen LogP contribution is 2.21. The van der Waals surface area contributed by atoms with E-state index in [4.69, 9.17) is 5.11 Å². The molecule has 0 unspecified atom stereocenters. The van der Waals surface area contributed by atoms with Crippen molar-refractivity contribution in [2.45, 2.75) is 13.8 Å². The summed E-state index contributed by atoms with van der Waals surface area (Å²) in [7, 11) is 3.96. The Morgan fingerprint density at radius 3 is 2.53 bits per heavy atom. The quantitative estimate of drug-likeness (QED) is 0.855.